The molecule has 13 nitrogen and oxygen atoms in total. The van der Waals surface area contributed by atoms with E-state index in [1.165, 1.54) is 24.5 Å². The van der Waals surface area contributed by atoms with E-state index in [1.54, 1.807) is 32.9 Å². The number of carbonyl (C=O) groups excluding carboxylic acids is 3. The van der Waals surface area contributed by atoms with Crippen LogP contribution in [0.5, 0.6) is 0 Å². The fraction of sp³-hybridized carbons (Fsp3) is 0.400. The maximum absolute atomic E-state index is 12.4. The summed E-state index contributed by atoms with van der Waals surface area (Å²) in [5.41, 5.74) is 3.20. The second-order valence-electron chi connectivity index (χ2n) is 10.7. The van der Waals surface area contributed by atoms with E-state index in [4.69, 9.17) is 9.94 Å². The number of nitrogens with one attached hydrogen (secondary N) is 5. The quantitative estimate of drug-likeness (QED) is 0.0784. The van der Waals surface area contributed by atoms with Crippen LogP contribution < -0.4 is 26.7 Å². The van der Waals surface area contributed by atoms with E-state index in [0.29, 0.717) is 31.5 Å². The highest BCUT2D eigenvalue weighted by Gasteiger charge is 2.25. The molecule has 0 bridgehead atoms. The van der Waals surface area contributed by atoms with Crippen molar-refractivity contribution < 1.29 is 39.3 Å². The number of rotatable bonds is 12. The standard InChI is InChI=1S/C30H39N5O8/c1-19(36)25(27(38)35-42)34-26(37)22-13-9-20(10-14-22)7-8-21-11-15-23(16-12-21)32-18-24(33-28(39)40)6-5-17-31-29(41)43-30(2,3)4/h9-16,19,24-25,32-33,36,42H,5-6,17-18H2,1-4H3,(H,31,41)(H,34,37)(H,35,38)(H,39,40)/t19-,24+,25+/m1/s1. The summed E-state index contributed by atoms with van der Waals surface area (Å²) in [7, 11) is 0. The van der Waals surface area contributed by atoms with E-state index in [2.05, 4.69) is 33.1 Å². The van der Waals surface area contributed by atoms with Crippen LogP contribution in [-0.2, 0) is 9.53 Å². The molecule has 0 unspecified atom stereocenters. The second kappa shape index (κ2) is 16.6. The van der Waals surface area contributed by atoms with Gasteiger partial charge >= 0.3 is 12.2 Å². The first-order valence-electron chi connectivity index (χ1n) is 13.6. The van der Waals surface area contributed by atoms with Gasteiger partial charge in [-0.25, -0.2) is 15.1 Å². The van der Waals surface area contributed by atoms with Gasteiger partial charge in [-0.1, -0.05) is 11.8 Å². The Morgan fingerprint density at radius 3 is 2.02 bits per heavy atom. The lowest BCUT2D eigenvalue weighted by molar-refractivity contribution is -0.133. The first-order valence-corrected chi connectivity index (χ1v) is 13.6. The van der Waals surface area contributed by atoms with Crippen LogP contribution in [0, 0.1) is 11.8 Å². The molecule has 4 amide bonds. The molecule has 43 heavy (non-hydrogen) atoms. The highest BCUT2D eigenvalue weighted by molar-refractivity contribution is 5.97. The molecule has 13 heteroatoms. The number of carbonyl (C=O) groups is 4. The molecule has 2 aromatic carbocycles. The van der Waals surface area contributed by atoms with Gasteiger partial charge in [-0.05, 0) is 89.1 Å². The minimum Gasteiger partial charge on any atom is -0.465 e. The average Bonchev–Trinajstić information content (AvgIpc) is 2.94. The Morgan fingerprint density at radius 2 is 1.51 bits per heavy atom. The monoisotopic (exact) mass is 597 g/mol. The number of alkyl carbamates (subject to hydrolysis) is 1. The number of hydrogen-bond acceptors (Lipinski definition) is 8. The summed E-state index contributed by atoms with van der Waals surface area (Å²) in [5.74, 6) is 4.49. The van der Waals surface area contributed by atoms with Crippen LogP contribution >= 0.6 is 0 Å². The number of carboxylic acid groups (broad SMARTS) is 1. The second-order valence-corrected chi connectivity index (χ2v) is 10.7. The van der Waals surface area contributed by atoms with Crippen molar-refractivity contribution in [1.82, 2.24) is 21.4 Å². The van der Waals surface area contributed by atoms with Crippen molar-refractivity contribution in [2.24, 2.45) is 0 Å². The maximum Gasteiger partial charge on any atom is 0.407 e. The Kier molecular flexibility index (Phi) is 13.3. The molecule has 0 saturated carbocycles. The summed E-state index contributed by atoms with van der Waals surface area (Å²) in [6.07, 6.45) is -1.82. The SMILES string of the molecule is C[C@@H](O)[C@H](NC(=O)c1ccc(C#Cc2ccc(NC[C@H](CCCNC(=O)OC(C)(C)C)NC(=O)O)cc2)cc1)C(=O)NO. The number of anilines is 1. The number of hydroxylamine groups is 1. The first-order chi connectivity index (χ1) is 20.3. The highest BCUT2D eigenvalue weighted by Crippen LogP contribution is 2.11. The van der Waals surface area contributed by atoms with E-state index >= 15 is 0 Å². The Hall–Kier alpha value is -4.80. The van der Waals surface area contributed by atoms with Gasteiger partial charge in [0.25, 0.3) is 11.8 Å². The largest absolute Gasteiger partial charge is 0.465 e. The van der Waals surface area contributed by atoms with Crippen LogP contribution in [0.3, 0.4) is 0 Å². The van der Waals surface area contributed by atoms with Crippen molar-refractivity contribution in [2.45, 2.75) is 64.3 Å². The van der Waals surface area contributed by atoms with Crippen LogP contribution in [0.1, 0.15) is 62.0 Å². The molecule has 2 rings (SSSR count). The molecular formula is C30H39N5O8. The maximum atomic E-state index is 12.4. The predicted molar refractivity (Wildman–Crippen MR) is 159 cm³/mol. The number of benzene rings is 2. The molecule has 3 atom stereocenters. The van der Waals surface area contributed by atoms with E-state index in [0.717, 1.165) is 11.3 Å². The summed E-state index contributed by atoms with van der Waals surface area (Å²) >= 11 is 0. The lowest BCUT2D eigenvalue weighted by Crippen LogP contribution is -2.51. The summed E-state index contributed by atoms with van der Waals surface area (Å²) in [6.45, 7) is 7.32. The van der Waals surface area contributed by atoms with Crippen molar-refractivity contribution in [1.29, 1.82) is 0 Å². The third kappa shape index (κ3) is 13.2. The Balaban J connectivity index is 1.89. The van der Waals surface area contributed by atoms with Crippen LogP contribution in [0.2, 0.25) is 0 Å². The first kappa shape index (κ1) is 34.4. The zero-order chi connectivity index (χ0) is 32.0. The van der Waals surface area contributed by atoms with Gasteiger partial charge in [-0.15, -0.1) is 0 Å². The van der Waals surface area contributed by atoms with E-state index in [9.17, 15) is 29.4 Å². The molecule has 0 radical (unpaired) electrons. The Bertz CT molecular complexity index is 1300. The minimum absolute atomic E-state index is 0.243. The van der Waals surface area contributed by atoms with Gasteiger partial charge in [0.05, 0.1) is 6.10 Å². The minimum atomic E-state index is -1.32. The predicted octanol–water partition coefficient (Wildman–Crippen LogP) is 2.42. The molecule has 0 spiro atoms. The summed E-state index contributed by atoms with van der Waals surface area (Å²) in [4.78, 5) is 47.0. The molecular weight excluding hydrogens is 558 g/mol. The van der Waals surface area contributed by atoms with Crippen molar-refractivity contribution in [3.63, 3.8) is 0 Å². The van der Waals surface area contributed by atoms with Crippen LogP contribution in [0.15, 0.2) is 48.5 Å². The topological polar surface area (TPSA) is 198 Å². The summed E-state index contributed by atoms with van der Waals surface area (Å²) in [6, 6.07) is 11.9. The number of ether oxygens (including phenoxy) is 1. The number of aliphatic hydroxyl groups is 1. The van der Waals surface area contributed by atoms with E-state index < -0.39 is 41.7 Å². The molecule has 0 aliphatic carbocycles. The lowest BCUT2D eigenvalue weighted by atomic mass is 10.1. The highest BCUT2D eigenvalue weighted by atomic mass is 16.6. The molecule has 0 aliphatic rings. The zero-order valence-electron chi connectivity index (χ0n) is 24.6. The van der Waals surface area contributed by atoms with E-state index in [-0.39, 0.29) is 11.6 Å². The van der Waals surface area contributed by atoms with Gasteiger partial charge in [-0.2, -0.15) is 0 Å². The van der Waals surface area contributed by atoms with Gasteiger partial charge in [0.15, 0.2) is 0 Å². The van der Waals surface area contributed by atoms with Gasteiger partial charge in [0.2, 0.25) is 0 Å². The molecule has 0 heterocycles. The van der Waals surface area contributed by atoms with Crippen LogP contribution in [0.4, 0.5) is 15.3 Å². The van der Waals surface area contributed by atoms with Crippen molar-refractivity contribution >= 4 is 29.7 Å². The molecule has 8 N–H and O–H groups in total. The van der Waals surface area contributed by atoms with Gasteiger partial charge < -0.3 is 36.2 Å². The third-order valence-corrected chi connectivity index (χ3v) is 5.82. The molecule has 0 aliphatic heterocycles. The molecule has 0 fully saturated rings. The molecule has 232 valence electrons. The average molecular weight is 598 g/mol. The fourth-order valence-electron chi connectivity index (χ4n) is 3.71. The number of hydrogen-bond donors (Lipinski definition) is 8. The lowest BCUT2D eigenvalue weighted by Gasteiger charge is -2.20. The summed E-state index contributed by atoms with van der Waals surface area (Å²) < 4.78 is 5.19. The zero-order valence-corrected chi connectivity index (χ0v) is 24.6. The Morgan fingerprint density at radius 1 is 0.930 bits per heavy atom. The van der Waals surface area contributed by atoms with Crippen LogP contribution in [0.25, 0.3) is 0 Å². The molecule has 0 saturated heterocycles. The van der Waals surface area contributed by atoms with E-state index in [1.807, 2.05) is 24.3 Å². The van der Waals surface area contributed by atoms with Crippen molar-refractivity contribution in [3.05, 3.63) is 65.2 Å². The smallest absolute Gasteiger partial charge is 0.407 e. The van der Waals surface area contributed by atoms with Crippen molar-refractivity contribution in [3.8, 4) is 11.8 Å². The fourth-order valence-corrected chi connectivity index (χ4v) is 3.71. The van der Waals surface area contributed by atoms with Crippen LogP contribution in [-0.4, -0.2) is 76.3 Å². The molecule has 0 aromatic heterocycles. The normalized spacial score (nSPS) is 12.8. The third-order valence-electron chi connectivity index (χ3n) is 5.82. The number of amides is 4. The summed E-state index contributed by atoms with van der Waals surface area (Å²) in [5, 5.41) is 38.3. The van der Waals surface area contributed by atoms with Gasteiger partial charge in [-0.3, -0.25) is 14.8 Å². The van der Waals surface area contributed by atoms with Crippen molar-refractivity contribution in [2.75, 3.05) is 18.4 Å². The van der Waals surface area contributed by atoms with Gasteiger partial charge in [0, 0.05) is 41.5 Å². The van der Waals surface area contributed by atoms with Gasteiger partial charge in [0.1, 0.15) is 11.6 Å². The Labute approximate surface area is 250 Å². The number of aliphatic hydroxyl groups excluding tert-OH is 1. The molecule has 2 aromatic rings.